The van der Waals surface area contributed by atoms with Crippen LogP contribution in [0, 0.1) is 0 Å². The minimum absolute atomic E-state index is 0.104. The van der Waals surface area contributed by atoms with Crippen molar-refractivity contribution < 1.29 is 49.4 Å². The van der Waals surface area contributed by atoms with Crippen molar-refractivity contribution in [3.63, 3.8) is 0 Å². The SMILES string of the molecule is O=C(/C=C(\O)c1cc(C(F)(F)F)cc(C(F)(F)F)c1Cl)C(F)(F)F. The first-order valence-corrected chi connectivity index (χ1v) is 5.93. The molecule has 0 aliphatic heterocycles. The van der Waals surface area contributed by atoms with E-state index in [1.54, 1.807) is 0 Å². The maximum atomic E-state index is 12.7. The highest BCUT2D eigenvalue weighted by atomic mass is 35.5. The molecule has 0 aromatic heterocycles. The van der Waals surface area contributed by atoms with E-state index in [4.69, 9.17) is 11.6 Å². The molecule has 0 spiro atoms. The summed E-state index contributed by atoms with van der Waals surface area (Å²) in [5.74, 6) is -4.49. The number of hydrogen-bond acceptors (Lipinski definition) is 2. The van der Waals surface area contributed by atoms with Gasteiger partial charge >= 0.3 is 18.5 Å². The van der Waals surface area contributed by atoms with Crippen molar-refractivity contribution in [3.8, 4) is 0 Å². The van der Waals surface area contributed by atoms with Crippen molar-refractivity contribution in [1.29, 1.82) is 0 Å². The number of aliphatic hydroxyl groups is 1. The van der Waals surface area contributed by atoms with Gasteiger partial charge in [0.15, 0.2) is 0 Å². The minimum atomic E-state index is -5.49. The Labute approximate surface area is 132 Å². The zero-order valence-electron chi connectivity index (χ0n) is 10.9. The average Bonchev–Trinajstić information content (AvgIpc) is 2.34. The Bertz CT molecular complexity index is 683. The third-order valence-corrected chi connectivity index (χ3v) is 2.94. The Morgan fingerprint density at radius 1 is 0.958 bits per heavy atom. The van der Waals surface area contributed by atoms with Crippen LogP contribution in [0.15, 0.2) is 18.2 Å². The van der Waals surface area contributed by atoms with Gasteiger partial charge in [-0.15, -0.1) is 0 Å². The molecule has 0 bridgehead atoms. The third kappa shape index (κ3) is 4.56. The fourth-order valence-corrected chi connectivity index (χ4v) is 1.78. The number of allylic oxidation sites excluding steroid dienone is 1. The molecule has 134 valence electrons. The van der Waals surface area contributed by atoms with E-state index in [9.17, 15) is 49.4 Å². The predicted molar refractivity (Wildman–Crippen MR) is 63.1 cm³/mol. The molecule has 0 radical (unpaired) electrons. The van der Waals surface area contributed by atoms with Crippen LogP contribution >= 0.6 is 11.6 Å². The highest BCUT2D eigenvalue weighted by Gasteiger charge is 2.41. The van der Waals surface area contributed by atoms with Crippen LogP contribution in [0.5, 0.6) is 0 Å². The summed E-state index contributed by atoms with van der Waals surface area (Å²) >= 11 is 5.23. The zero-order chi connectivity index (χ0) is 19.1. The molecule has 1 N–H and O–H groups in total. The lowest BCUT2D eigenvalue weighted by Gasteiger charge is -2.16. The van der Waals surface area contributed by atoms with Crippen LogP contribution in [0.2, 0.25) is 5.02 Å². The quantitative estimate of drug-likeness (QED) is 0.419. The number of rotatable bonds is 2. The predicted octanol–water partition coefficient (Wildman–Crippen LogP) is 5.41. The number of carbonyl (C=O) groups excluding carboxylic acids is 1. The van der Waals surface area contributed by atoms with Gasteiger partial charge in [0.2, 0.25) is 0 Å². The lowest BCUT2D eigenvalue weighted by atomic mass is 10.0. The van der Waals surface area contributed by atoms with Gasteiger partial charge in [0.25, 0.3) is 5.78 Å². The summed E-state index contributed by atoms with van der Waals surface area (Å²) in [4.78, 5) is 10.7. The number of ketones is 1. The number of halogens is 10. The molecule has 1 aromatic carbocycles. The van der Waals surface area contributed by atoms with Crippen LogP contribution < -0.4 is 0 Å². The van der Waals surface area contributed by atoms with Gasteiger partial charge in [0.1, 0.15) is 5.76 Å². The monoisotopic (exact) mass is 386 g/mol. The second kappa shape index (κ2) is 6.19. The summed E-state index contributed by atoms with van der Waals surface area (Å²) < 4.78 is 112. The topological polar surface area (TPSA) is 37.3 Å². The minimum Gasteiger partial charge on any atom is -0.507 e. The largest absolute Gasteiger partial charge is 0.507 e. The summed E-state index contributed by atoms with van der Waals surface area (Å²) in [5, 5.41) is 7.85. The molecule has 0 unspecified atom stereocenters. The van der Waals surface area contributed by atoms with E-state index in [2.05, 4.69) is 0 Å². The summed E-state index contributed by atoms with van der Waals surface area (Å²) in [5.41, 5.74) is -5.38. The molecule has 12 heteroatoms. The van der Waals surface area contributed by atoms with Crippen LogP contribution in [-0.2, 0) is 17.1 Å². The molecule has 1 aromatic rings. The van der Waals surface area contributed by atoms with E-state index in [0.717, 1.165) is 0 Å². The van der Waals surface area contributed by atoms with E-state index >= 15 is 0 Å². The highest BCUT2D eigenvalue weighted by Crippen LogP contribution is 2.42. The van der Waals surface area contributed by atoms with Gasteiger partial charge in [-0.05, 0) is 12.1 Å². The smallest absolute Gasteiger partial charge is 0.454 e. The van der Waals surface area contributed by atoms with Gasteiger partial charge in [-0.25, -0.2) is 0 Å². The Hall–Kier alpha value is -1.91. The molecule has 0 atom stereocenters. The van der Waals surface area contributed by atoms with E-state index in [0.29, 0.717) is 0 Å². The first kappa shape index (κ1) is 20.1. The normalized spacial score (nSPS) is 14.0. The molecule has 0 fully saturated rings. The third-order valence-electron chi connectivity index (χ3n) is 2.53. The van der Waals surface area contributed by atoms with E-state index in [1.165, 1.54) is 0 Å². The lowest BCUT2D eigenvalue weighted by Crippen LogP contribution is -2.20. The van der Waals surface area contributed by atoms with Gasteiger partial charge in [0, 0.05) is 11.6 Å². The number of aliphatic hydroxyl groups excluding tert-OH is 1. The van der Waals surface area contributed by atoms with Crippen LogP contribution in [0.1, 0.15) is 16.7 Å². The second-order valence-corrected chi connectivity index (χ2v) is 4.65. The number of benzene rings is 1. The first-order chi connectivity index (χ1) is 10.5. The van der Waals surface area contributed by atoms with E-state index in [1.807, 2.05) is 0 Å². The van der Waals surface area contributed by atoms with Gasteiger partial charge < -0.3 is 5.11 Å². The number of alkyl halides is 9. The number of hydrogen-bond donors (Lipinski definition) is 1. The van der Waals surface area contributed by atoms with E-state index in [-0.39, 0.29) is 12.1 Å². The zero-order valence-corrected chi connectivity index (χ0v) is 11.6. The molecular formula is C12H4ClF9O2. The van der Waals surface area contributed by atoms with Crippen molar-refractivity contribution in [2.75, 3.05) is 0 Å². The second-order valence-electron chi connectivity index (χ2n) is 4.27. The molecule has 24 heavy (non-hydrogen) atoms. The van der Waals surface area contributed by atoms with Crippen molar-refractivity contribution >= 4 is 23.1 Å². The van der Waals surface area contributed by atoms with Gasteiger partial charge in [-0.3, -0.25) is 4.79 Å². The Kier molecular flexibility index (Phi) is 5.19. The molecule has 1 rings (SSSR count). The van der Waals surface area contributed by atoms with Crippen molar-refractivity contribution in [1.82, 2.24) is 0 Å². The van der Waals surface area contributed by atoms with Crippen molar-refractivity contribution in [3.05, 3.63) is 39.9 Å². The molecular weight excluding hydrogens is 383 g/mol. The Morgan fingerprint density at radius 3 is 1.83 bits per heavy atom. The molecule has 0 saturated carbocycles. The molecule has 0 heterocycles. The first-order valence-electron chi connectivity index (χ1n) is 5.55. The molecule has 0 saturated heterocycles. The lowest BCUT2D eigenvalue weighted by molar-refractivity contribution is -0.165. The Morgan fingerprint density at radius 2 is 1.46 bits per heavy atom. The fourth-order valence-electron chi connectivity index (χ4n) is 1.46. The molecule has 0 aliphatic carbocycles. The van der Waals surface area contributed by atoms with E-state index < -0.39 is 57.9 Å². The van der Waals surface area contributed by atoms with Crippen LogP contribution in [-0.4, -0.2) is 17.1 Å². The molecule has 2 nitrogen and oxygen atoms in total. The van der Waals surface area contributed by atoms with Crippen molar-refractivity contribution in [2.45, 2.75) is 18.5 Å². The van der Waals surface area contributed by atoms with Crippen LogP contribution in [0.25, 0.3) is 5.76 Å². The van der Waals surface area contributed by atoms with Crippen LogP contribution in [0.3, 0.4) is 0 Å². The van der Waals surface area contributed by atoms with Gasteiger partial charge in [0.05, 0.1) is 16.1 Å². The highest BCUT2D eigenvalue weighted by molar-refractivity contribution is 6.33. The summed E-state index contributed by atoms with van der Waals surface area (Å²) in [7, 11) is 0. The van der Waals surface area contributed by atoms with Crippen molar-refractivity contribution in [2.24, 2.45) is 0 Å². The van der Waals surface area contributed by atoms with Gasteiger partial charge in [-0.2, -0.15) is 39.5 Å². The maximum Gasteiger partial charge on any atom is 0.454 e. The standard InChI is InChI=1S/C12H4ClF9O2/c13-9-5(7(23)3-8(24)12(20,21)22)1-4(10(14,15)16)2-6(9)11(17,18)19/h1-3,23H/b7-3-. The summed E-state index contributed by atoms with van der Waals surface area (Å²) in [6.45, 7) is 0. The molecule has 0 amide bonds. The van der Waals surface area contributed by atoms with Crippen LogP contribution in [0.4, 0.5) is 39.5 Å². The number of carbonyl (C=O) groups is 1. The fraction of sp³-hybridized carbons (Fsp3) is 0.250. The Balaban J connectivity index is 3.64. The average molecular weight is 387 g/mol. The molecule has 0 aliphatic rings. The summed E-state index contributed by atoms with van der Waals surface area (Å²) in [6.07, 6.45) is -16.8. The van der Waals surface area contributed by atoms with Gasteiger partial charge in [-0.1, -0.05) is 11.6 Å². The maximum absolute atomic E-state index is 12.7. The summed E-state index contributed by atoms with van der Waals surface area (Å²) in [6, 6.07) is -0.474.